The van der Waals surface area contributed by atoms with Gasteiger partial charge < -0.3 is 13.6 Å². The highest BCUT2D eigenvalue weighted by molar-refractivity contribution is 6.69. The fraction of sp³-hybridized carbons (Fsp3) is 0. The van der Waals surface area contributed by atoms with Gasteiger partial charge in [-0.25, -0.2) is 0 Å². The van der Waals surface area contributed by atoms with Gasteiger partial charge in [-0.2, -0.15) is 0 Å². The maximum atomic E-state index is 7.43. The molecule has 0 saturated carbocycles. The molecule has 0 saturated heterocycles. The van der Waals surface area contributed by atoms with Crippen molar-refractivity contribution < 1.29 is 4.42 Å². The van der Waals surface area contributed by atoms with E-state index in [-0.39, 0.29) is 21.9 Å². The Morgan fingerprint density at radius 1 is 0.328 bits per heavy atom. The Labute approximate surface area is 379 Å². The third-order valence-corrected chi connectivity index (χ3v) is 12.9. The van der Waals surface area contributed by atoms with E-state index in [0.717, 1.165) is 82.9 Å². The lowest BCUT2D eigenvalue weighted by Gasteiger charge is -2.19. The molecule has 64 heavy (non-hydrogen) atoms. The molecule has 0 aliphatic heterocycles. The summed E-state index contributed by atoms with van der Waals surface area (Å²) in [5.74, 6) is 0. The molecule has 3 heterocycles. The van der Waals surface area contributed by atoms with Crippen molar-refractivity contribution in [2.45, 2.75) is 0 Å². The van der Waals surface area contributed by atoms with Crippen LogP contribution in [0.1, 0.15) is 0 Å². The van der Waals surface area contributed by atoms with Crippen LogP contribution < -0.4 is 38.2 Å². The second kappa shape index (κ2) is 14.4. The first-order chi connectivity index (χ1) is 31.2. The van der Waals surface area contributed by atoms with Gasteiger partial charge in [0.1, 0.15) is 66.1 Å². The van der Waals surface area contributed by atoms with Crippen LogP contribution in [-0.2, 0) is 0 Å². The van der Waals surface area contributed by atoms with Crippen molar-refractivity contribution >= 4 is 159 Å². The quantitative estimate of drug-likeness (QED) is 0.187. The number of aromatic nitrogens is 2. The topological polar surface area (TPSA) is 23.0 Å². The van der Waals surface area contributed by atoms with Gasteiger partial charge in [0.05, 0.1) is 11.0 Å². The summed E-state index contributed by atoms with van der Waals surface area (Å²) in [6.07, 6.45) is 0. The summed E-state index contributed by atoms with van der Waals surface area (Å²) in [7, 11) is 48.9. The molecule has 10 heteroatoms. The average Bonchev–Trinajstić information content (AvgIpc) is 4.01. The highest BCUT2D eigenvalue weighted by atomic mass is 16.3. The van der Waals surface area contributed by atoms with Gasteiger partial charge in [0.25, 0.3) is 0 Å². The van der Waals surface area contributed by atoms with E-state index in [4.69, 9.17) is 59.3 Å². The lowest BCUT2D eigenvalue weighted by molar-refractivity contribution is 0.669. The minimum Gasteiger partial charge on any atom is -0.456 e. The predicted molar refractivity (Wildman–Crippen MR) is 276 cm³/mol. The molecule has 12 aromatic rings. The van der Waals surface area contributed by atoms with Crippen LogP contribution in [-0.4, -0.2) is 64.1 Å². The molecule has 0 aliphatic rings. The molecule has 9 aromatic carbocycles. The van der Waals surface area contributed by atoms with Crippen molar-refractivity contribution in [1.29, 1.82) is 0 Å². The van der Waals surface area contributed by atoms with E-state index in [1.54, 1.807) is 0 Å². The first kappa shape index (κ1) is 38.5. The van der Waals surface area contributed by atoms with Gasteiger partial charge in [-0.15, -0.1) is 10.9 Å². The Kier molecular flexibility index (Phi) is 8.69. The normalized spacial score (nSPS) is 11.9. The maximum absolute atomic E-state index is 7.43. The summed E-state index contributed by atoms with van der Waals surface area (Å²) in [4.78, 5) is 0. The van der Waals surface area contributed by atoms with Crippen LogP contribution in [0.25, 0.3) is 110 Å². The van der Waals surface area contributed by atoms with Gasteiger partial charge in [-0.05, 0) is 93.4 Å². The standard InChI is InChI=1S/C54H27B7N2O/c55-46-42(47(56)51(60)53-44(46)45-48(57)49(58)50(59)52(61)54(45)63(53)33-23-25-41-36(27-33)35-14-7-8-17-40(35)64-41)31-20-24-38-37(26-31)43-34(30-12-5-2-6-13-30)15-9-16-39(43)62(38)32-21-18-29(19-22-32)28-10-3-1-4-11-28/h1-27H. The number of hydrogen-bond acceptors (Lipinski definition) is 1. The van der Waals surface area contributed by atoms with E-state index in [2.05, 4.69) is 108 Å². The maximum Gasteiger partial charge on any atom is 0.135 e. The van der Waals surface area contributed by atoms with Crippen LogP contribution in [0.2, 0.25) is 0 Å². The summed E-state index contributed by atoms with van der Waals surface area (Å²) >= 11 is 0. The average molecular weight is 796 g/mol. The molecule has 0 unspecified atom stereocenters. The Morgan fingerprint density at radius 3 is 1.67 bits per heavy atom. The lowest BCUT2D eigenvalue weighted by Crippen LogP contribution is -2.48. The summed E-state index contributed by atoms with van der Waals surface area (Å²) in [6.45, 7) is 0. The molecular weight excluding hydrogens is 768 g/mol. The highest BCUT2D eigenvalue weighted by Gasteiger charge is 2.25. The Balaban J connectivity index is 1.14. The number of nitrogens with zero attached hydrogens (tertiary/aromatic N) is 2. The third kappa shape index (κ3) is 5.51. The minimum atomic E-state index is 0.163. The van der Waals surface area contributed by atoms with E-state index in [0.29, 0.717) is 43.8 Å². The van der Waals surface area contributed by atoms with Crippen LogP contribution in [0.3, 0.4) is 0 Å². The van der Waals surface area contributed by atoms with E-state index in [9.17, 15) is 0 Å². The van der Waals surface area contributed by atoms with Crippen LogP contribution in [0, 0.1) is 0 Å². The van der Waals surface area contributed by atoms with Crippen molar-refractivity contribution in [1.82, 2.24) is 9.13 Å². The first-order valence-electron chi connectivity index (χ1n) is 21.0. The molecule has 14 radical (unpaired) electrons. The predicted octanol–water partition coefficient (Wildman–Crippen LogP) is 6.34. The van der Waals surface area contributed by atoms with Crippen molar-refractivity contribution in [3.8, 4) is 44.8 Å². The van der Waals surface area contributed by atoms with Crippen LogP contribution in [0.15, 0.2) is 168 Å². The molecule has 3 aromatic heterocycles. The van der Waals surface area contributed by atoms with E-state index < -0.39 is 0 Å². The zero-order valence-corrected chi connectivity index (χ0v) is 34.4. The van der Waals surface area contributed by atoms with Gasteiger partial charge >= 0.3 is 0 Å². The zero-order chi connectivity index (χ0) is 43.5. The number of para-hydroxylation sites is 1. The molecule has 0 spiro atoms. The molecule has 0 atom stereocenters. The Morgan fingerprint density at radius 2 is 0.922 bits per heavy atom. The molecule has 0 amide bonds. The molecule has 0 aliphatic carbocycles. The van der Waals surface area contributed by atoms with Crippen molar-refractivity contribution in [2.24, 2.45) is 0 Å². The third-order valence-electron chi connectivity index (χ3n) is 12.9. The number of furan rings is 1. The van der Waals surface area contributed by atoms with Crippen molar-refractivity contribution in [3.05, 3.63) is 164 Å². The first-order valence-corrected chi connectivity index (χ1v) is 21.0. The Bertz CT molecular complexity index is 3910. The fourth-order valence-corrected chi connectivity index (χ4v) is 9.91. The van der Waals surface area contributed by atoms with Gasteiger partial charge in [0.15, 0.2) is 0 Å². The van der Waals surface area contributed by atoms with Crippen molar-refractivity contribution in [3.63, 3.8) is 0 Å². The summed E-state index contributed by atoms with van der Waals surface area (Å²) in [5, 5.41) is 5.06. The van der Waals surface area contributed by atoms with E-state index >= 15 is 0 Å². The molecule has 3 nitrogen and oxygen atoms in total. The second-order valence-corrected chi connectivity index (χ2v) is 16.4. The van der Waals surface area contributed by atoms with Crippen LogP contribution in [0.4, 0.5) is 0 Å². The molecule has 280 valence electrons. The lowest BCUT2D eigenvalue weighted by atomic mass is 9.64. The van der Waals surface area contributed by atoms with Crippen LogP contribution >= 0.6 is 0 Å². The highest BCUT2D eigenvalue weighted by Crippen LogP contribution is 2.41. The molecule has 0 bridgehead atoms. The smallest absolute Gasteiger partial charge is 0.135 e. The van der Waals surface area contributed by atoms with Gasteiger partial charge in [0.2, 0.25) is 0 Å². The van der Waals surface area contributed by atoms with Gasteiger partial charge in [-0.3, -0.25) is 0 Å². The minimum absolute atomic E-state index is 0.163. The number of rotatable bonds is 5. The molecular formula is C54H27B7N2O. The number of hydrogen-bond donors (Lipinski definition) is 0. The number of benzene rings is 9. The van der Waals surface area contributed by atoms with E-state index in [1.165, 1.54) is 0 Å². The summed E-state index contributed by atoms with van der Waals surface area (Å²) < 4.78 is 10.4. The second-order valence-electron chi connectivity index (χ2n) is 16.4. The van der Waals surface area contributed by atoms with E-state index in [1.807, 2.05) is 65.2 Å². The van der Waals surface area contributed by atoms with Gasteiger partial charge in [0, 0.05) is 49.3 Å². The van der Waals surface area contributed by atoms with Crippen molar-refractivity contribution in [2.75, 3.05) is 0 Å². The largest absolute Gasteiger partial charge is 0.456 e. The summed E-state index contributed by atoms with van der Waals surface area (Å²) in [6, 6.07) is 56.1. The Hall–Kier alpha value is -7.17. The van der Waals surface area contributed by atoms with Crippen LogP contribution in [0.5, 0.6) is 0 Å². The summed E-state index contributed by atoms with van der Waals surface area (Å²) in [5.41, 5.74) is 14.0. The number of fused-ring (bicyclic) bond motifs is 9. The molecule has 0 N–H and O–H groups in total. The molecule has 0 fully saturated rings. The zero-order valence-electron chi connectivity index (χ0n) is 34.4. The SMILES string of the molecule is [B]c1c([B])c([B])c2c(c1[B])c1c([B])c(-c3ccc4c(c3)c3c(-c5ccccc5)cccc3n4-c3ccc(-c4ccccc4)cc3)c([B])c([B])c1n2-c1ccc2oc3ccccc3c2c1. The monoisotopic (exact) mass is 796 g/mol. The molecule has 12 rings (SSSR count). The van der Waals surface area contributed by atoms with Gasteiger partial charge in [-0.1, -0.05) is 137 Å². The fourth-order valence-electron chi connectivity index (χ4n) is 9.91.